The van der Waals surface area contributed by atoms with Crippen molar-refractivity contribution in [2.75, 3.05) is 34.9 Å². The van der Waals surface area contributed by atoms with Crippen molar-refractivity contribution >= 4 is 10.2 Å². The Hall–Kier alpha value is -1.31. The van der Waals surface area contributed by atoms with Crippen LogP contribution in [0, 0.1) is 6.92 Å². The molecule has 0 aliphatic heterocycles. The molecular weight excluding hydrogens is 280 g/mol. The average molecular weight is 302 g/mol. The molecule has 114 valence electrons. The number of methoxy groups -OCH3 is 2. The topological polar surface area (TPSA) is 67.9 Å². The third kappa shape index (κ3) is 3.84. The summed E-state index contributed by atoms with van der Waals surface area (Å²) in [5.74, 6) is 1.48. The SMILES string of the molecule is COc1ccc(CCNS(=O)(=O)N(C)C)c(OC)c1C. The van der Waals surface area contributed by atoms with Crippen LogP contribution in [0.1, 0.15) is 11.1 Å². The third-order valence-electron chi connectivity index (χ3n) is 3.02. The minimum atomic E-state index is -3.39. The van der Waals surface area contributed by atoms with E-state index in [0.717, 1.165) is 26.9 Å². The maximum Gasteiger partial charge on any atom is 0.278 e. The van der Waals surface area contributed by atoms with Gasteiger partial charge in [0.15, 0.2) is 0 Å². The van der Waals surface area contributed by atoms with Crippen molar-refractivity contribution in [1.29, 1.82) is 0 Å². The summed E-state index contributed by atoms with van der Waals surface area (Å²) in [6, 6.07) is 3.74. The number of hydrogen-bond acceptors (Lipinski definition) is 4. The van der Waals surface area contributed by atoms with E-state index in [1.54, 1.807) is 14.2 Å². The molecule has 0 atom stereocenters. The first-order valence-electron chi connectivity index (χ1n) is 6.21. The van der Waals surface area contributed by atoms with Crippen molar-refractivity contribution in [1.82, 2.24) is 9.03 Å². The predicted octanol–water partition coefficient (Wildman–Crippen LogP) is 0.951. The van der Waals surface area contributed by atoms with Gasteiger partial charge in [-0.2, -0.15) is 12.7 Å². The van der Waals surface area contributed by atoms with Gasteiger partial charge < -0.3 is 9.47 Å². The monoisotopic (exact) mass is 302 g/mol. The summed E-state index contributed by atoms with van der Waals surface area (Å²) in [6.45, 7) is 2.22. The number of ether oxygens (including phenoxy) is 2. The molecule has 0 bridgehead atoms. The number of rotatable bonds is 7. The van der Waals surface area contributed by atoms with Crippen molar-refractivity contribution in [3.8, 4) is 11.5 Å². The maximum atomic E-state index is 11.6. The van der Waals surface area contributed by atoms with Crippen molar-refractivity contribution in [2.24, 2.45) is 0 Å². The Morgan fingerprint density at radius 1 is 1.20 bits per heavy atom. The fourth-order valence-electron chi connectivity index (χ4n) is 1.88. The molecule has 1 rings (SSSR count). The Morgan fingerprint density at radius 2 is 1.85 bits per heavy atom. The molecule has 0 aliphatic rings. The van der Waals surface area contributed by atoms with Gasteiger partial charge in [0, 0.05) is 26.2 Å². The molecule has 0 heterocycles. The van der Waals surface area contributed by atoms with Crippen LogP contribution in [0.5, 0.6) is 11.5 Å². The standard InChI is InChI=1S/C13H22N2O4S/c1-10-12(18-4)7-6-11(13(10)19-5)8-9-14-20(16,17)15(2)3/h6-7,14H,8-9H2,1-5H3. The minimum absolute atomic E-state index is 0.308. The van der Waals surface area contributed by atoms with Crippen LogP contribution in [0.15, 0.2) is 12.1 Å². The Kier molecular flexibility index (Phi) is 5.79. The van der Waals surface area contributed by atoms with E-state index in [1.165, 1.54) is 14.1 Å². The average Bonchev–Trinajstić information content (AvgIpc) is 2.38. The molecule has 20 heavy (non-hydrogen) atoms. The molecule has 0 fully saturated rings. The number of hydrogen-bond donors (Lipinski definition) is 1. The largest absolute Gasteiger partial charge is 0.496 e. The van der Waals surface area contributed by atoms with Crippen LogP contribution in [0.4, 0.5) is 0 Å². The first-order chi connectivity index (χ1) is 9.33. The molecule has 1 aromatic rings. The van der Waals surface area contributed by atoms with E-state index >= 15 is 0 Å². The van der Waals surface area contributed by atoms with Gasteiger partial charge in [0.05, 0.1) is 14.2 Å². The van der Waals surface area contributed by atoms with E-state index in [2.05, 4.69) is 4.72 Å². The molecule has 1 N–H and O–H groups in total. The van der Waals surface area contributed by atoms with Crippen LogP contribution in [0.2, 0.25) is 0 Å². The van der Waals surface area contributed by atoms with Gasteiger partial charge >= 0.3 is 0 Å². The van der Waals surface area contributed by atoms with E-state index < -0.39 is 10.2 Å². The molecule has 0 radical (unpaired) electrons. The quantitative estimate of drug-likeness (QED) is 0.814. The molecule has 1 aromatic carbocycles. The van der Waals surface area contributed by atoms with E-state index in [0.29, 0.717) is 13.0 Å². The lowest BCUT2D eigenvalue weighted by molar-refractivity contribution is 0.385. The van der Waals surface area contributed by atoms with Gasteiger partial charge in [0.25, 0.3) is 10.2 Å². The van der Waals surface area contributed by atoms with Crippen molar-refractivity contribution < 1.29 is 17.9 Å². The molecule has 6 nitrogen and oxygen atoms in total. The molecular formula is C13H22N2O4S. The molecule has 0 aliphatic carbocycles. The second kappa shape index (κ2) is 6.92. The Labute approximate surface area is 120 Å². The van der Waals surface area contributed by atoms with E-state index in [1.807, 2.05) is 19.1 Å². The van der Waals surface area contributed by atoms with Crippen LogP contribution in [-0.2, 0) is 16.6 Å². The highest BCUT2D eigenvalue weighted by atomic mass is 32.2. The zero-order valence-corrected chi connectivity index (χ0v) is 13.4. The number of nitrogens with one attached hydrogen (secondary N) is 1. The minimum Gasteiger partial charge on any atom is -0.496 e. The summed E-state index contributed by atoms with van der Waals surface area (Å²) >= 11 is 0. The smallest absolute Gasteiger partial charge is 0.278 e. The lowest BCUT2D eigenvalue weighted by Gasteiger charge is -2.16. The molecule has 0 aromatic heterocycles. The number of nitrogens with zero attached hydrogens (tertiary/aromatic N) is 1. The lowest BCUT2D eigenvalue weighted by atomic mass is 10.1. The zero-order chi connectivity index (χ0) is 15.3. The first-order valence-corrected chi connectivity index (χ1v) is 7.65. The Morgan fingerprint density at radius 3 is 2.35 bits per heavy atom. The van der Waals surface area contributed by atoms with Gasteiger partial charge in [-0.25, -0.2) is 4.72 Å². The second-order valence-corrected chi connectivity index (χ2v) is 6.49. The van der Waals surface area contributed by atoms with Gasteiger partial charge in [-0.15, -0.1) is 0 Å². The predicted molar refractivity (Wildman–Crippen MR) is 78.6 cm³/mol. The van der Waals surface area contributed by atoms with E-state index in [9.17, 15) is 8.42 Å². The Balaban J connectivity index is 2.82. The van der Waals surface area contributed by atoms with Gasteiger partial charge in [0.1, 0.15) is 11.5 Å². The molecule has 0 amide bonds. The lowest BCUT2D eigenvalue weighted by Crippen LogP contribution is -2.36. The molecule has 0 spiro atoms. The van der Waals surface area contributed by atoms with E-state index in [4.69, 9.17) is 9.47 Å². The van der Waals surface area contributed by atoms with Crippen LogP contribution in [0.25, 0.3) is 0 Å². The Bertz CT molecular complexity index is 556. The van der Waals surface area contributed by atoms with Crippen molar-refractivity contribution in [3.05, 3.63) is 23.3 Å². The van der Waals surface area contributed by atoms with Crippen LogP contribution >= 0.6 is 0 Å². The number of benzene rings is 1. The van der Waals surface area contributed by atoms with Gasteiger partial charge in [-0.1, -0.05) is 6.07 Å². The highest BCUT2D eigenvalue weighted by molar-refractivity contribution is 7.87. The van der Waals surface area contributed by atoms with Crippen LogP contribution < -0.4 is 14.2 Å². The second-order valence-electron chi connectivity index (χ2n) is 4.52. The van der Waals surface area contributed by atoms with Gasteiger partial charge in [-0.05, 0) is 25.0 Å². The molecule has 7 heteroatoms. The zero-order valence-electron chi connectivity index (χ0n) is 12.6. The summed E-state index contributed by atoms with van der Waals surface area (Å²) in [7, 11) is 2.78. The van der Waals surface area contributed by atoms with E-state index in [-0.39, 0.29) is 0 Å². The van der Waals surface area contributed by atoms with Crippen molar-refractivity contribution in [2.45, 2.75) is 13.3 Å². The molecule has 0 saturated carbocycles. The molecule has 0 saturated heterocycles. The maximum absolute atomic E-state index is 11.6. The fraction of sp³-hybridized carbons (Fsp3) is 0.538. The van der Waals surface area contributed by atoms with Crippen molar-refractivity contribution in [3.63, 3.8) is 0 Å². The summed E-state index contributed by atoms with van der Waals surface area (Å²) in [6.07, 6.45) is 0.543. The highest BCUT2D eigenvalue weighted by Gasteiger charge is 2.14. The normalized spacial score (nSPS) is 11.7. The first kappa shape index (κ1) is 16.7. The van der Waals surface area contributed by atoms with Gasteiger partial charge in [0.2, 0.25) is 0 Å². The molecule has 0 unspecified atom stereocenters. The summed E-state index contributed by atoms with van der Waals surface area (Å²) in [5, 5.41) is 0. The van der Waals surface area contributed by atoms with Gasteiger partial charge in [-0.3, -0.25) is 0 Å². The fourth-order valence-corrected chi connectivity index (χ4v) is 2.49. The van der Waals surface area contributed by atoms with Crippen LogP contribution in [0.3, 0.4) is 0 Å². The summed E-state index contributed by atoms with van der Waals surface area (Å²) in [4.78, 5) is 0. The highest BCUT2D eigenvalue weighted by Crippen LogP contribution is 2.31. The van der Waals surface area contributed by atoms with Crippen LogP contribution in [-0.4, -0.2) is 47.6 Å². The summed E-state index contributed by atoms with van der Waals surface area (Å²) in [5.41, 5.74) is 1.84. The third-order valence-corrected chi connectivity index (χ3v) is 4.55. The summed E-state index contributed by atoms with van der Waals surface area (Å²) < 4.78 is 37.5.